The van der Waals surface area contributed by atoms with E-state index in [4.69, 9.17) is 0 Å². The molecule has 1 aliphatic carbocycles. The summed E-state index contributed by atoms with van der Waals surface area (Å²) in [7, 11) is 0. The van der Waals surface area contributed by atoms with Gasteiger partial charge in [0.2, 0.25) is 0 Å². The van der Waals surface area contributed by atoms with Crippen molar-refractivity contribution >= 4 is 0 Å². The minimum Gasteiger partial charge on any atom is -0.311 e. The van der Waals surface area contributed by atoms with Gasteiger partial charge in [-0.05, 0) is 38.5 Å². The number of piperidine rings is 1. The lowest BCUT2D eigenvalue weighted by Crippen LogP contribution is -2.44. The second-order valence-electron chi connectivity index (χ2n) is 5.36. The molecule has 1 saturated carbocycles. The van der Waals surface area contributed by atoms with Crippen LogP contribution in [0.5, 0.6) is 0 Å². The van der Waals surface area contributed by atoms with Crippen molar-refractivity contribution in [3.8, 4) is 0 Å². The second kappa shape index (κ2) is 5.16. The second-order valence-corrected chi connectivity index (χ2v) is 5.36. The van der Waals surface area contributed by atoms with Crippen molar-refractivity contribution in [1.82, 2.24) is 5.32 Å². The highest BCUT2D eigenvalue weighted by Crippen LogP contribution is 2.29. The normalized spacial score (nSPS) is 36.6. The van der Waals surface area contributed by atoms with Gasteiger partial charge in [0, 0.05) is 12.1 Å². The minimum absolute atomic E-state index is 0.775. The van der Waals surface area contributed by atoms with Crippen LogP contribution in [0.15, 0.2) is 0 Å². The van der Waals surface area contributed by atoms with E-state index in [-0.39, 0.29) is 0 Å². The zero-order valence-electron chi connectivity index (χ0n) is 9.60. The minimum atomic E-state index is 0.775. The van der Waals surface area contributed by atoms with Crippen molar-refractivity contribution < 1.29 is 0 Å². The van der Waals surface area contributed by atoms with Gasteiger partial charge in [0.05, 0.1) is 0 Å². The van der Waals surface area contributed by atoms with Crippen LogP contribution in [0.25, 0.3) is 0 Å². The first kappa shape index (κ1) is 10.5. The van der Waals surface area contributed by atoms with Gasteiger partial charge >= 0.3 is 0 Å². The fraction of sp³-hybridized carbons (Fsp3) is 1.00. The molecule has 14 heavy (non-hydrogen) atoms. The molecule has 0 aromatic carbocycles. The molecule has 2 atom stereocenters. The molecule has 0 spiro atoms. The van der Waals surface area contributed by atoms with Gasteiger partial charge < -0.3 is 5.32 Å². The maximum atomic E-state index is 3.81. The number of hydrogen-bond donors (Lipinski definition) is 1. The molecule has 0 bridgehead atoms. The monoisotopic (exact) mass is 195 g/mol. The van der Waals surface area contributed by atoms with Crippen molar-refractivity contribution in [2.24, 2.45) is 5.92 Å². The lowest BCUT2D eigenvalue weighted by molar-refractivity contribution is 0.238. The molecule has 0 amide bonds. The van der Waals surface area contributed by atoms with Crippen molar-refractivity contribution in [2.75, 3.05) is 0 Å². The fourth-order valence-corrected chi connectivity index (χ4v) is 3.26. The van der Waals surface area contributed by atoms with E-state index in [1.807, 2.05) is 0 Å². The lowest BCUT2D eigenvalue weighted by Gasteiger charge is -2.34. The smallest absolute Gasteiger partial charge is 0.00978 e. The summed E-state index contributed by atoms with van der Waals surface area (Å²) in [6.07, 6.45) is 13.2. The summed E-state index contributed by atoms with van der Waals surface area (Å²) in [6.45, 7) is 2.35. The summed E-state index contributed by atoms with van der Waals surface area (Å²) in [5, 5.41) is 3.81. The van der Waals surface area contributed by atoms with Gasteiger partial charge in [-0.2, -0.15) is 0 Å². The van der Waals surface area contributed by atoms with Gasteiger partial charge in [-0.15, -0.1) is 0 Å². The Morgan fingerprint density at radius 2 is 1.50 bits per heavy atom. The molecule has 0 aromatic heterocycles. The SMILES string of the molecule is CC1CCCC(C2CCCCCC2)N1. The highest BCUT2D eigenvalue weighted by atomic mass is 15.0. The molecule has 1 N–H and O–H groups in total. The van der Waals surface area contributed by atoms with E-state index in [0.717, 1.165) is 18.0 Å². The quantitative estimate of drug-likeness (QED) is 0.632. The van der Waals surface area contributed by atoms with Crippen molar-refractivity contribution in [2.45, 2.75) is 76.8 Å². The zero-order valence-corrected chi connectivity index (χ0v) is 9.60. The van der Waals surface area contributed by atoms with E-state index in [1.54, 1.807) is 0 Å². The Kier molecular flexibility index (Phi) is 3.86. The summed E-state index contributed by atoms with van der Waals surface area (Å²) >= 11 is 0. The van der Waals surface area contributed by atoms with Crippen LogP contribution in [-0.2, 0) is 0 Å². The molecule has 1 aliphatic heterocycles. The average Bonchev–Trinajstić information content (AvgIpc) is 2.45. The van der Waals surface area contributed by atoms with E-state index in [0.29, 0.717) is 0 Å². The first-order chi connectivity index (χ1) is 6.86. The molecular formula is C13H25N. The van der Waals surface area contributed by atoms with Crippen molar-refractivity contribution in [1.29, 1.82) is 0 Å². The lowest BCUT2D eigenvalue weighted by atomic mass is 9.85. The third kappa shape index (κ3) is 2.73. The van der Waals surface area contributed by atoms with Crippen LogP contribution in [0, 0.1) is 5.92 Å². The van der Waals surface area contributed by atoms with Gasteiger partial charge in [-0.3, -0.25) is 0 Å². The Balaban J connectivity index is 1.85. The fourth-order valence-electron chi connectivity index (χ4n) is 3.26. The summed E-state index contributed by atoms with van der Waals surface area (Å²) in [5.41, 5.74) is 0. The van der Waals surface area contributed by atoms with Gasteiger partial charge in [0.1, 0.15) is 0 Å². The van der Waals surface area contributed by atoms with Crippen LogP contribution in [0.2, 0.25) is 0 Å². The van der Waals surface area contributed by atoms with Crippen LogP contribution in [0.4, 0.5) is 0 Å². The van der Waals surface area contributed by atoms with Crippen LogP contribution >= 0.6 is 0 Å². The predicted octanol–water partition coefficient (Wildman–Crippen LogP) is 3.49. The first-order valence-corrected chi connectivity index (χ1v) is 6.62. The summed E-state index contributed by atoms with van der Waals surface area (Å²) in [6, 6.07) is 1.63. The standard InChI is InChI=1S/C13H25N/c1-11-7-6-10-13(14-11)12-8-4-2-3-5-9-12/h11-14H,2-10H2,1H3. The Labute approximate surface area is 88.7 Å². The zero-order chi connectivity index (χ0) is 9.80. The number of hydrogen-bond acceptors (Lipinski definition) is 1. The highest BCUT2D eigenvalue weighted by molar-refractivity contribution is 4.84. The Morgan fingerprint density at radius 1 is 0.786 bits per heavy atom. The van der Waals surface area contributed by atoms with Crippen molar-refractivity contribution in [3.05, 3.63) is 0 Å². The van der Waals surface area contributed by atoms with Gasteiger partial charge in [-0.1, -0.05) is 32.1 Å². The third-order valence-electron chi connectivity index (χ3n) is 4.12. The van der Waals surface area contributed by atoms with E-state index in [2.05, 4.69) is 12.2 Å². The number of rotatable bonds is 1. The topological polar surface area (TPSA) is 12.0 Å². The molecule has 2 rings (SSSR count). The molecule has 0 radical (unpaired) electrons. The summed E-state index contributed by atoms with van der Waals surface area (Å²) < 4.78 is 0. The summed E-state index contributed by atoms with van der Waals surface area (Å²) in [4.78, 5) is 0. The molecule has 1 nitrogen and oxygen atoms in total. The van der Waals surface area contributed by atoms with E-state index in [1.165, 1.54) is 57.8 Å². The first-order valence-electron chi connectivity index (χ1n) is 6.62. The molecule has 2 aliphatic rings. The molecular weight excluding hydrogens is 170 g/mol. The van der Waals surface area contributed by atoms with Crippen LogP contribution in [-0.4, -0.2) is 12.1 Å². The predicted molar refractivity (Wildman–Crippen MR) is 61.4 cm³/mol. The van der Waals surface area contributed by atoms with Crippen LogP contribution < -0.4 is 5.32 Å². The molecule has 1 heteroatoms. The molecule has 1 heterocycles. The van der Waals surface area contributed by atoms with E-state index >= 15 is 0 Å². The summed E-state index contributed by atoms with van der Waals surface area (Å²) in [5.74, 6) is 1.00. The molecule has 1 saturated heterocycles. The Hall–Kier alpha value is -0.0400. The Bertz CT molecular complexity index is 159. The third-order valence-corrected chi connectivity index (χ3v) is 4.12. The maximum absolute atomic E-state index is 3.81. The molecule has 0 aromatic rings. The van der Waals surface area contributed by atoms with Crippen LogP contribution in [0.3, 0.4) is 0 Å². The van der Waals surface area contributed by atoms with E-state index in [9.17, 15) is 0 Å². The number of nitrogens with one attached hydrogen (secondary N) is 1. The van der Waals surface area contributed by atoms with E-state index < -0.39 is 0 Å². The van der Waals surface area contributed by atoms with Gasteiger partial charge in [0.25, 0.3) is 0 Å². The Morgan fingerprint density at radius 3 is 2.14 bits per heavy atom. The highest BCUT2D eigenvalue weighted by Gasteiger charge is 2.26. The van der Waals surface area contributed by atoms with Gasteiger partial charge in [0.15, 0.2) is 0 Å². The largest absolute Gasteiger partial charge is 0.311 e. The van der Waals surface area contributed by atoms with Crippen molar-refractivity contribution in [3.63, 3.8) is 0 Å². The average molecular weight is 195 g/mol. The van der Waals surface area contributed by atoms with Gasteiger partial charge in [-0.25, -0.2) is 0 Å². The maximum Gasteiger partial charge on any atom is 0.00978 e. The molecule has 2 fully saturated rings. The molecule has 82 valence electrons. The van der Waals surface area contributed by atoms with Crippen LogP contribution in [0.1, 0.15) is 64.7 Å². The molecule has 2 unspecified atom stereocenters.